The normalized spacial score (nSPS) is 12.5. The summed E-state index contributed by atoms with van der Waals surface area (Å²) in [5.74, 6) is -1.92. The van der Waals surface area contributed by atoms with E-state index in [1.54, 1.807) is 0 Å². The molecule has 0 aromatic heterocycles. The molecule has 0 spiro atoms. The van der Waals surface area contributed by atoms with E-state index in [1.165, 1.54) is 6.08 Å². The molecule has 0 aliphatic rings. The molecule has 9 heteroatoms. The molecule has 0 aromatic rings. The third-order valence-corrected chi connectivity index (χ3v) is 2.42. The molecule has 98 valence electrons. The quantitative estimate of drug-likeness (QED) is 0.507. The number of ether oxygens (including phenoxy) is 1. The van der Waals surface area contributed by atoms with Gasteiger partial charge in [-0.3, -0.25) is 0 Å². The Kier molecular flexibility index (Phi) is 6.21. The van der Waals surface area contributed by atoms with Gasteiger partial charge in [-0.2, -0.15) is 0 Å². The predicted octanol–water partition coefficient (Wildman–Crippen LogP) is -0.970. The fourth-order valence-corrected chi connectivity index (χ4v) is 1.42. The Labute approximate surface area is 98.5 Å². The molecule has 0 heterocycles. The van der Waals surface area contributed by atoms with E-state index in [2.05, 4.69) is 11.3 Å². The standard InChI is InChI=1S/C8H14N2O6S/c1-2-4-16-8(13)10-6(7(11)12)3-5-17(9,14)15/h2,6H,1,3-5H2,(H,10,13)(H,11,12)(H2,9,14,15). The van der Waals surface area contributed by atoms with Gasteiger partial charge in [0.15, 0.2) is 0 Å². The zero-order valence-electron chi connectivity index (χ0n) is 8.96. The minimum absolute atomic E-state index is 0.0760. The van der Waals surface area contributed by atoms with Gasteiger partial charge in [-0.1, -0.05) is 12.7 Å². The number of hydrogen-bond donors (Lipinski definition) is 3. The van der Waals surface area contributed by atoms with Gasteiger partial charge in [0.1, 0.15) is 12.6 Å². The summed E-state index contributed by atoms with van der Waals surface area (Å²) in [6.07, 6.45) is 0.00330. The van der Waals surface area contributed by atoms with Gasteiger partial charge in [-0.25, -0.2) is 23.1 Å². The lowest BCUT2D eigenvalue weighted by Crippen LogP contribution is -2.42. The van der Waals surface area contributed by atoms with Crippen LogP contribution in [0.3, 0.4) is 0 Å². The number of carboxylic acid groups (broad SMARTS) is 1. The van der Waals surface area contributed by atoms with Crippen LogP contribution in [0.2, 0.25) is 0 Å². The van der Waals surface area contributed by atoms with Crippen molar-refractivity contribution >= 4 is 22.1 Å². The SMILES string of the molecule is C=CCOC(=O)NC(CCS(N)(=O)=O)C(=O)O. The van der Waals surface area contributed by atoms with Gasteiger partial charge in [0.05, 0.1) is 5.75 Å². The summed E-state index contributed by atoms with van der Waals surface area (Å²) in [5, 5.41) is 15.4. The Morgan fingerprint density at radius 3 is 2.53 bits per heavy atom. The van der Waals surface area contributed by atoms with Crippen molar-refractivity contribution in [2.75, 3.05) is 12.4 Å². The number of sulfonamides is 1. The van der Waals surface area contributed by atoms with Gasteiger partial charge < -0.3 is 15.2 Å². The highest BCUT2D eigenvalue weighted by Gasteiger charge is 2.22. The second kappa shape index (κ2) is 6.86. The number of hydrogen-bond acceptors (Lipinski definition) is 5. The van der Waals surface area contributed by atoms with Crippen molar-refractivity contribution in [2.24, 2.45) is 5.14 Å². The number of aliphatic carboxylic acids is 1. The molecular formula is C8H14N2O6S. The molecule has 17 heavy (non-hydrogen) atoms. The maximum atomic E-state index is 11.0. The third-order valence-electron chi connectivity index (χ3n) is 1.61. The lowest BCUT2D eigenvalue weighted by Gasteiger charge is -2.13. The van der Waals surface area contributed by atoms with Gasteiger partial charge in [0.25, 0.3) is 0 Å². The fourth-order valence-electron chi connectivity index (χ4n) is 0.858. The zero-order valence-corrected chi connectivity index (χ0v) is 9.77. The van der Waals surface area contributed by atoms with Gasteiger partial charge in [0, 0.05) is 0 Å². The smallest absolute Gasteiger partial charge is 0.408 e. The van der Waals surface area contributed by atoms with Crippen molar-refractivity contribution in [1.29, 1.82) is 0 Å². The summed E-state index contributed by atoms with van der Waals surface area (Å²) in [6, 6.07) is -1.37. The number of carbonyl (C=O) groups is 2. The monoisotopic (exact) mass is 266 g/mol. The Morgan fingerprint density at radius 2 is 2.12 bits per heavy atom. The van der Waals surface area contributed by atoms with Gasteiger partial charge in [-0.05, 0) is 6.42 Å². The number of carboxylic acids is 1. The number of amides is 1. The molecular weight excluding hydrogens is 252 g/mol. The summed E-state index contributed by atoms with van der Waals surface area (Å²) in [4.78, 5) is 21.7. The number of primary sulfonamides is 1. The van der Waals surface area contributed by atoms with E-state index < -0.39 is 33.9 Å². The average molecular weight is 266 g/mol. The topological polar surface area (TPSA) is 136 Å². The van der Waals surface area contributed by atoms with Crippen LogP contribution in [0.25, 0.3) is 0 Å². The molecule has 1 unspecified atom stereocenters. The Bertz CT molecular complexity index is 391. The first kappa shape index (κ1) is 15.4. The Balaban J connectivity index is 4.30. The lowest BCUT2D eigenvalue weighted by atomic mass is 10.2. The molecule has 1 atom stereocenters. The summed E-state index contributed by atoms with van der Waals surface area (Å²) < 4.78 is 25.8. The van der Waals surface area contributed by atoms with E-state index in [0.717, 1.165) is 0 Å². The van der Waals surface area contributed by atoms with E-state index in [1.807, 2.05) is 5.32 Å². The summed E-state index contributed by atoms with van der Waals surface area (Å²) in [5.41, 5.74) is 0. The molecule has 0 rings (SSSR count). The predicted molar refractivity (Wildman–Crippen MR) is 58.7 cm³/mol. The fraction of sp³-hybridized carbons (Fsp3) is 0.500. The number of nitrogens with two attached hydrogens (primary N) is 1. The number of carbonyl (C=O) groups excluding carboxylic acids is 1. The van der Waals surface area contributed by atoms with Crippen LogP contribution in [0.4, 0.5) is 4.79 Å². The Hall–Kier alpha value is -1.61. The maximum Gasteiger partial charge on any atom is 0.408 e. The van der Waals surface area contributed by atoms with Crippen molar-refractivity contribution in [2.45, 2.75) is 12.5 Å². The van der Waals surface area contributed by atoms with Gasteiger partial charge >= 0.3 is 12.1 Å². The molecule has 0 fully saturated rings. The average Bonchev–Trinajstić information content (AvgIpc) is 2.19. The zero-order chi connectivity index (χ0) is 13.5. The summed E-state index contributed by atoms with van der Waals surface area (Å²) in [7, 11) is -3.78. The van der Waals surface area contributed by atoms with Crippen molar-refractivity contribution < 1.29 is 27.9 Å². The second-order valence-corrected chi connectivity index (χ2v) is 4.81. The summed E-state index contributed by atoms with van der Waals surface area (Å²) >= 11 is 0. The second-order valence-electron chi connectivity index (χ2n) is 3.08. The molecule has 4 N–H and O–H groups in total. The number of nitrogens with one attached hydrogen (secondary N) is 1. The van der Waals surface area contributed by atoms with E-state index in [4.69, 9.17) is 10.2 Å². The first-order chi connectivity index (χ1) is 7.76. The van der Waals surface area contributed by atoms with E-state index >= 15 is 0 Å². The molecule has 0 aromatic carbocycles. The molecule has 0 saturated carbocycles. The Morgan fingerprint density at radius 1 is 1.53 bits per heavy atom. The first-order valence-corrected chi connectivity index (χ1v) is 6.25. The highest BCUT2D eigenvalue weighted by Crippen LogP contribution is 1.96. The first-order valence-electron chi connectivity index (χ1n) is 4.53. The highest BCUT2D eigenvalue weighted by molar-refractivity contribution is 7.89. The minimum Gasteiger partial charge on any atom is -0.480 e. The van der Waals surface area contributed by atoms with E-state index in [0.29, 0.717) is 0 Å². The number of rotatable bonds is 7. The molecule has 1 amide bonds. The van der Waals surface area contributed by atoms with Crippen molar-refractivity contribution in [3.63, 3.8) is 0 Å². The lowest BCUT2D eigenvalue weighted by molar-refractivity contribution is -0.139. The van der Waals surface area contributed by atoms with Gasteiger partial charge in [0.2, 0.25) is 10.0 Å². The number of alkyl carbamates (subject to hydrolysis) is 1. The molecule has 0 radical (unpaired) electrons. The third kappa shape index (κ3) is 8.22. The largest absolute Gasteiger partial charge is 0.480 e. The van der Waals surface area contributed by atoms with Crippen molar-refractivity contribution in [3.05, 3.63) is 12.7 Å². The van der Waals surface area contributed by atoms with Crippen LogP contribution >= 0.6 is 0 Å². The molecule has 0 bridgehead atoms. The van der Waals surface area contributed by atoms with Gasteiger partial charge in [-0.15, -0.1) is 0 Å². The van der Waals surface area contributed by atoms with Crippen LogP contribution in [-0.4, -0.2) is 44.0 Å². The van der Waals surface area contributed by atoms with Crippen LogP contribution in [0.5, 0.6) is 0 Å². The van der Waals surface area contributed by atoms with E-state index in [9.17, 15) is 18.0 Å². The van der Waals surface area contributed by atoms with Crippen LogP contribution in [0.1, 0.15) is 6.42 Å². The van der Waals surface area contributed by atoms with Crippen molar-refractivity contribution in [3.8, 4) is 0 Å². The molecule has 0 aliphatic carbocycles. The van der Waals surface area contributed by atoms with Crippen LogP contribution in [-0.2, 0) is 19.6 Å². The summed E-state index contributed by atoms with van der Waals surface area (Å²) in [6.45, 7) is 3.22. The van der Waals surface area contributed by atoms with Crippen LogP contribution < -0.4 is 10.5 Å². The molecule has 0 aliphatic heterocycles. The molecule has 8 nitrogen and oxygen atoms in total. The van der Waals surface area contributed by atoms with Crippen LogP contribution in [0, 0.1) is 0 Å². The highest BCUT2D eigenvalue weighted by atomic mass is 32.2. The van der Waals surface area contributed by atoms with Crippen molar-refractivity contribution in [1.82, 2.24) is 5.32 Å². The minimum atomic E-state index is -3.78. The van der Waals surface area contributed by atoms with Crippen LogP contribution in [0.15, 0.2) is 12.7 Å². The van der Waals surface area contributed by atoms with E-state index in [-0.39, 0.29) is 13.0 Å². The maximum absolute atomic E-state index is 11.0. The molecule has 0 saturated heterocycles.